The van der Waals surface area contributed by atoms with Crippen LogP contribution < -0.4 is 10.7 Å². The molecule has 0 radical (unpaired) electrons. The van der Waals surface area contributed by atoms with E-state index in [1.165, 1.54) is 0 Å². The fraction of sp³-hybridized carbons (Fsp3) is 0.278. The van der Waals surface area contributed by atoms with Crippen LogP contribution in [0.25, 0.3) is 0 Å². The third-order valence-electron chi connectivity index (χ3n) is 3.89. The molecule has 1 aliphatic heterocycles. The summed E-state index contributed by atoms with van der Waals surface area (Å²) in [5.41, 5.74) is 4.25. The molecule has 2 amide bonds. The number of benzene rings is 1. The van der Waals surface area contributed by atoms with Crippen LogP contribution in [0.2, 0.25) is 0 Å². The summed E-state index contributed by atoms with van der Waals surface area (Å²) in [5, 5.41) is 7.00. The molecule has 6 nitrogen and oxygen atoms in total. The van der Waals surface area contributed by atoms with E-state index in [1.807, 2.05) is 36.4 Å². The Balaban J connectivity index is 1.63. The molecule has 1 aromatic heterocycles. The second-order valence-corrected chi connectivity index (χ2v) is 5.64. The van der Waals surface area contributed by atoms with Crippen molar-refractivity contribution in [1.29, 1.82) is 0 Å². The molecule has 1 aromatic carbocycles. The molecule has 3 rings (SSSR count). The van der Waals surface area contributed by atoms with Gasteiger partial charge >= 0.3 is 0 Å². The maximum atomic E-state index is 12.3. The second kappa shape index (κ2) is 7.59. The van der Waals surface area contributed by atoms with Gasteiger partial charge < -0.3 is 9.73 Å². The van der Waals surface area contributed by atoms with E-state index in [-0.39, 0.29) is 17.9 Å². The fourth-order valence-electron chi connectivity index (χ4n) is 2.60. The van der Waals surface area contributed by atoms with Crippen LogP contribution in [0.1, 0.15) is 43.0 Å². The summed E-state index contributed by atoms with van der Waals surface area (Å²) in [6.07, 6.45) is 3.49. The highest BCUT2D eigenvalue weighted by molar-refractivity contribution is 5.94. The molecule has 124 valence electrons. The van der Waals surface area contributed by atoms with Crippen molar-refractivity contribution >= 4 is 17.5 Å². The summed E-state index contributed by atoms with van der Waals surface area (Å²) >= 11 is 0. The quantitative estimate of drug-likeness (QED) is 0.856. The summed E-state index contributed by atoms with van der Waals surface area (Å²) in [4.78, 5) is 23.4. The van der Waals surface area contributed by atoms with Crippen LogP contribution in [0.5, 0.6) is 0 Å². The van der Waals surface area contributed by atoms with Gasteiger partial charge in [-0.05, 0) is 30.5 Å². The lowest BCUT2D eigenvalue weighted by molar-refractivity contribution is -0.121. The van der Waals surface area contributed by atoms with E-state index < -0.39 is 0 Å². The molecule has 0 bridgehead atoms. The molecule has 2 aromatic rings. The number of carbonyl (C=O) groups excluding carboxylic acids is 2. The summed E-state index contributed by atoms with van der Waals surface area (Å²) in [7, 11) is 0. The van der Waals surface area contributed by atoms with Gasteiger partial charge in [0.2, 0.25) is 11.8 Å². The van der Waals surface area contributed by atoms with Crippen molar-refractivity contribution in [2.45, 2.75) is 31.7 Å². The molecule has 24 heavy (non-hydrogen) atoms. The predicted octanol–water partition coefficient (Wildman–Crippen LogP) is 2.53. The van der Waals surface area contributed by atoms with Crippen LogP contribution in [0, 0.1) is 0 Å². The minimum absolute atomic E-state index is 0.0786. The van der Waals surface area contributed by atoms with Gasteiger partial charge in [0.25, 0.3) is 0 Å². The highest BCUT2D eigenvalue weighted by Crippen LogP contribution is 2.22. The molecule has 0 saturated carbocycles. The maximum absolute atomic E-state index is 12.3. The van der Waals surface area contributed by atoms with Crippen LogP contribution in [0.3, 0.4) is 0 Å². The highest BCUT2D eigenvalue weighted by Gasteiger charge is 2.20. The molecular formula is C18H19N3O3. The molecule has 2 heterocycles. The number of hydrogen-bond acceptors (Lipinski definition) is 4. The molecule has 6 heteroatoms. The molecule has 0 saturated heterocycles. The van der Waals surface area contributed by atoms with Crippen LogP contribution in [0.15, 0.2) is 58.2 Å². The largest absolute Gasteiger partial charge is 0.467 e. The van der Waals surface area contributed by atoms with Gasteiger partial charge in [0, 0.05) is 18.6 Å². The van der Waals surface area contributed by atoms with Crippen LogP contribution in [-0.2, 0) is 9.59 Å². The Morgan fingerprint density at radius 3 is 2.71 bits per heavy atom. The van der Waals surface area contributed by atoms with Gasteiger partial charge in [-0.25, -0.2) is 5.43 Å². The van der Waals surface area contributed by atoms with Gasteiger partial charge in [0.05, 0.1) is 6.26 Å². The summed E-state index contributed by atoms with van der Waals surface area (Å²) in [5.74, 6) is 0.529. The molecule has 2 N–H and O–H groups in total. The number of amides is 2. The van der Waals surface area contributed by atoms with Crippen LogP contribution in [0.4, 0.5) is 0 Å². The first-order chi connectivity index (χ1) is 11.7. The van der Waals surface area contributed by atoms with E-state index in [2.05, 4.69) is 15.8 Å². The number of furan rings is 1. The Morgan fingerprint density at radius 2 is 2.04 bits per heavy atom. The zero-order valence-corrected chi connectivity index (χ0v) is 13.2. The van der Waals surface area contributed by atoms with Crippen molar-refractivity contribution in [1.82, 2.24) is 10.7 Å². The van der Waals surface area contributed by atoms with Gasteiger partial charge in [-0.1, -0.05) is 30.3 Å². The fourth-order valence-corrected chi connectivity index (χ4v) is 2.60. The average Bonchev–Trinajstić information content (AvgIpc) is 3.14. The standard InChI is InChI=1S/C18H19N3O3/c22-16(10-8-14-9-11-17(23)21-20-14)19-18(15-7-4-12-24-15)13-5-2-1-3-6-13/h1-7,12,18H,8-11H2,(H,19,22)(H,21,23). The van der Waals surface area contributed by atoms with Gasteiger partial charge in [-0.2, -0.15) is 5.10 Å². The minimum Gasteiger partial charge on any atom is -0.467 e. The van der Waals surface area contributed by atoms with Crippen LogP contribution in [-0.4, -0.2) is 17.5 Å². The number of hydrazone groups is 1. The van der Waals surface area contributed by atoms with Crippen molar-refractivity contribution in [3.05, 3.63) is 60.1 Å². The van der Waals surface area contributed by atoms with Crippen molar-refractivity contribution in [3.63, 3.8) is 0 Å². The number of nitrogens with one attached hydrogen (secondary N) is 2. The first-order valence-corrected chi connectivity index (χ1v) is 7.94. The zero-order chi connectivity index (χ0) is 16.8. The Bertz CT molecular complexity index is 723. The Hall–Kier alpha value is -2.89. The first kappa shape index (κ1) is 16.0. The normalized spacial score (nSPS) is 15.3. The lowest BCUT2D eigenvalue weighted by atomic mass is 10.0. The third-order valence-corrected chi connectivity index (χ3v) is 3.89. The molecule has 1 atom stereocenters. The smallest absolute Gasteiger partial charge is 0.240 e. The monoisotopic (exact) mass is 325 g/mol. The molecule has 0 aliphatic carbocycles. The van der Waals surface area contributed by atoms with Gasteiger partial charge in [-0.3, -0.25) is 9.59 Å². The van der Waals surface area contributed by atoms with Crippen molar-refractivity contribution in [2.75, 3.05) is 0 Å². The van der Waals surface area contributed by atoms with Crippen molar-refractivity contribution in [3.8, 4) is 0 Å². The Morgan fingerprint density at radius 1 is 1.21 bits per heavy atom. The molecule has 1 unspecified atom stereocenters. The van der Waals surface area contributed by atoms with E-state index in [9.17, 15) is 9.59 Å². The second-order valence-electron chi connectivity index (χ2n) is 5.64. The lowest BCUT2D eigenvalue weighted by Crippen LogP contribution is -2.30. The van der Waals surface area contributed by atoms with Gasteiger partial charge in [0.1, 0.15) is 11.8 Å². The van der Waals surface area contributed by atoms with Gasteiger partial charge in [0.15, 0.2) is 0 Å². The number of nitrogens with zero attached hydrogens (tertiary/aromatic N) is 1. The Kier molecular flexibility index (Phi) is 5.05. The maximum Gasteiger partial charge on any atom is 0.240 e. The van der Waals surface area contributed by atoms with E-state index in [0.29, 0.717) is 31.4 Å². The van der Waals surface area contributed by atoms with Gasteiger partial charge in [-0.15, -0.1) is 0 Å². The number of hydrogen-bond donors (Lipinski definition) is 2. The summed E-state index contributed by atoms with van der Waals surface area (Å²) < 4.78 is 5.47. The molecule has 1 aliphatic rings. The van der Waals surface area contributed by atoms with Crippen LogP contribution >= 0.6 is 0 Å². The summed E-state index contributed by atoms with van der Waals surface area (Å²) in [6, 6.07) is 13.0. The molecule has 0 spiro atoms. The van der Waals surface area contributed by atoms with E-state index >= 15 is 0 Å². The molecular weight excluding hydrogens is 306 g/mol. The van der Waals surface area contributed by atoms with E-state index in [1.54, 1.807) is 12.3 Å². The topological polar surface area (TPSA) is 83.7 Å². The lowest BCUT2D eigenvalue weighted by Gasteiger charge is -2.18. The van der Waals surface area contributed by atoms with Crippen molar-refractivity contribution in [2.24, 2.45) is 5.10 Å². The predicted molar refractivity (Wildman–Crippen MR) is 89.2 cm³/mol. The first-order valence-electron chi connectivity index (χ1n) is 7.94. The third kappa shape index (κ3) is 4.10. The minimum atomic E-state index is -0.318. The Labute approximate surface area is 139 Å². The average molecular weight is 325 g/mol. The SMILES string of the molecule is O=C1CCC(CCC(=O)NC(c2ccccc2)c2ccco2)=NN1. The van der Waals surface area contributed by atoms with Crippen molar-refractivity contribution < 1.29 is 14.0 Å². The summed E-state index contributed by atoms with van der Waals surface area (Å²) in [6.45, 7) is 0. The number of rotatable bonds is 6. The zero-order valence-electron chi connectivity index (χ0n) is 13.2. The van der Waals surface area contributed by atoms with E-state index in [4.69, 9.17) is 4.42 Å². The number of carbonyl (C=O) groups is 2. The highest BCUT2D eigenvalue weighted by atomic mass is 16.3. The van der Waals surface area contributed by atoms with E-state index in [0.717, 1.165) is 11.3 Å². The molecule has 0 fully saturated rings.